The van der Waals surface area contributed by atoms with Crippen molar-refractivity contribution in [2.45, 2.75) is 26.4 Å². The molecule has 0 aromatic rings. The summed E-state index contributed by atoms with van der Waals surface area (Å²) in [7, 11) is 1.40. The van der Waals surface area contributed by atoms with E-state index >= 15 is 0 Å². The number of thioether (sulfide) groups is 1. The van der Waals surface area contributed by atoms with E-state index in [1.165, 1.54) is 7.05 Å². The SMILES string of the molecule is CN1C(=O)/C(=C/C(=O)[O-])S/C1=N/NC(=O)OC(C)(C)C. The molecule has 1 saturated heterocycles. The number of amidine groups is 1. The van der Waals surface area contributed by atoms with E-state index in [0.717, 1.165) is 16.7 Å². The van der Waals surface area contributed by atoms with Gasteiger partial charge in [0.05, 0.1) is 10.9 Å². The number of hydrazone groups is 1. The second kappa shape index (κ2) is 5.95. The summed E-state index contributed by atoms with van der Waals surface area (Å²) in [5.74, 6) is -2.01. The lowest BCUT2D eigenvalue weighted by atomic mass is 10.2. The Bertz CT molecular complexity index is 507. The molecule has 0 radical (unpaired) electrons. The van der Waals surface area contributed by atoms with Crippen LogP contribution in [-0.4, -0.2) is 40.7 Å². The van der Waals surface area contributed by atoms with Gasteiger partial charge in [0, 0.05) is 7.05 Å². The van der Waals surface area contributed by atoms with Gasteiger partial charge >= 0.3 is 6.09 Å². The van der Waals surface area contributed by atoms with Crippen molar-refractivity contribution in [2.24, 2.45) is 5.10 Å². The van der Waals surface area contributed by atoms with E-state index in [2.05, 4.69) is 10.5 Å². The largest absolute Gasteiger partial charge is 0.545 e. The standard InChI is InChI=1S/C11H15N3O5S/c1-11(2,3)19-10(18)13-12-9-14(4)8(17)6(20-9)5-7(15)16/h5H,1-4H3,(H,13,18)(H,15,16)/p-1/b6-5-,12-9+. The minimum Gasteiger partial charge on any atom is -0.545 e. The van der Waals surface area contributed by atoms with Gasteiger partial charge in [-0.25, -0.2) is 10.2 Å². The smallest absolute Gasteiger partial charge is 0.428 e. The van der Waals surface area contributed by atoms with Crippen molar-refractivity contribution in [1.82, 2.24) is 10.3 Å². The van der Waals surface area contributed by atoms with E-state index < -0.39 is 23.6 Å². The first-order valence-electron chi connectivity index (χ1n) is 5.55. The minimum atomic E-state index is -1.48. The highest BCUT2D eigenvalue weighted by molar-refractivity contribution is 8.18. The predicted octanol–water partition coefficient (Wildman–Crippen LogP) is -0.379. The molecule has 8 nitrogen and oxygen atoms in total. The molecular formula is C11H14N3O5S-. The number of carboxylic acid groups (broad SMARTS) is 1. The van der Waals surface area contributed by atoms with Crippen LogP contribution in [0, 0.1) is 0 Å². The summed E-state index contributed by atoms with van der Waals surface area (Å²) in [4.78, 5) is 34.5. The van der Waals surface area contributed by atoms with Crippen LogP contribution in [0.15, 0.2) is 16.1 Å². The monoisotopic (exact) mass is 300 g/mol. The Hall–Kier alpha value is -2.03. The number of aliphatic carboxylic acids is 1. The number of carbonyl (C=O) groups is 3. The third-order valence-corrected chi connectivity index (χ3v) is 2.95. The maximum Gasteiger partial charge on any atom is 0.428 e. The van der Waals surface area contributed by atoms with Crippen molar-refractivity contribution >= 4 is 34.9 Å². The number of hydrogen-bond acceptors (Lipinski definition) is 7. The van der Waals surface area contributed by atoms with E-state index in [4.69, 9.17) is 4.74 Å². The van der Waals surface area contributed by atoms with Crippen LogP contribution in [-0.2, 0) is 14.3 Å². The fourth-order valence-electron chi connectivity index (χ4n) is 1.15. The number of rotatable bonds is 2. The summed E-state index contributed by atoms with van der Waals surface area (Å²) in [6.45, 7) is 5.08. The molecule has 0 atom stereocenters. The number of hydrogen-bond donors (Lipinski definition) is 1. The van der Waals surface area contributed by atoms with Crippen LogP contribution in [0.4, 0.5) is 4.79 Å². The summed E-state index contributed by atoms with van der Waals surface area (Å²) in [5.41, 5.74) is 1.46. The van der Waals surface area contributed by atoms with Gasteiger partial charge in [0.15, 0.2) is 5.17 Å². The van der Waals surface area contributed by atoms with Gasteiger partial charge in [0.2, 0.25) is 0 Å². The predicted molar refractivity (Wildman–Crippen MR) is 70.3 cm³/mol. The number of amides is 2. The number of carbonyl (C=O) groups excluding carboxylic acids is 3. The second-order valence-electron chi connectivity index (χ2n) is 4.80. The number of ether oxygens (including phenoxy) is 1. The van der Waals surface area contributed by atoms with Crippen molar-refractivity contribution < 1.29 is 24.2 Å². The first-order chi connectivity index (χ1) is 9.10. The molecule has 20 heavy (non-hydrogen) atoms. The summed E-state index contributed by atoms with van der Waals surface area (Å²) >= 11 is 0.812. The molecule has 0 aromatic carbocycles. The van der Waals surface area contributed by atoms with Gasteiger partial charge < -0.3 is 14.6 Å². The molecule has 1 aliphatic heterocycles. The first kappa shape index (κ1) is 16.0. The molecule has 2 amide bonds. The van der Waals surface area contributed by atoms with Gasteiger partial charge in [0.1, 0.15) is 5.60 Å². The number of carboxylic acids is 1. The maximum absolute atomic E-state index is 11.6. The Kier molecular flexibility index (Phi) is 4.77. The lowest BCUT2D eigenvalue weighted by Gasteiger charge is -2.18. The van der Waals surface area contributed by atoms with E-state index in [1.807, 2.05) is 0 Å². The second-order valence-corrected chi connectivity index (χ2v) is 5.81. The topological polar surface area (TPSA) is 111 Å². The lowest BCUT2D eigenvalue weighted by molar-refractivity contribution is -0.297. The zero-order chi connectivity index (χ0) is 15.5. The van der Waals surface area contributed by atoms with E-state index in [-0.39, 0.29) is 10.1 Å². The van der Waals surface area contributed by atoms with E-state index in [9.17, 15) is 19.5 Å². The van der Waals surface area contributed by atoms with Gasteiger partial charge in [-0.15, -0.1) is 5.10 Å². The fraction of sp³-hybridized carbons (Fsp3) is 0.455. The first-order valence-corrected chi connectivity index (χ1v) is 6.37. The van der Waals surface area contributed by atoms with Crippen molar-refractivity contribution in [3.63, 3.8) is 0 Å². The molecule has 0 aliphatic carbocycles. The molecule has 0 saturated carbocycles. The Labute approximate surface area is 119 Å². The van der Waals surface area contributed by atoms with Crippen molar-refractivity contribution in [1.29, 1.82) is 0 Å². The van der Waals surface area contributed by atoms with Crippen LogP contribution in [0.1, 0.15) is 20.8 Å². The number of nitrogens with one attached hydrogen (secondary N) is 1. The highest BCUT2D eigenvalue weighted by atomic mass is 32.2. The Morgan fingerprint density at radius 1 is 1.45 bits per heavy atom. The lowest BCUT2D eigenvalue weighted by Crippen LogP contribution is -2.32. The summed E-state index contributed by atoms with van der Waals surface area (Å²) in [6.07, 6.45) is -0.0942. The zero-order valence-corrected chi connectivity index (χ0v) is 12.2. The highest BCUT2D eigenvalue weighted by Crippen LogP contribution is 2.28. The Balaban J connectivity index is 2.73. The molecule has 9 heteroatoms. The van der Waals surface area contributed by atoms with Gasteiger partial charge in [-0.1, -0.05) is 0 Å². The average Bonchev–Trinajstić information content (AvgIpc) is 2.52. The average molecular weight is 300 g/mol. The molecule has 0 unspecified atom stereocenters. The van der Waals surface area contributed by atoms with E-state index in [0.29, 0.717) is 6.08 Å². The van der Waals surface area contributed by atoms with Crippen LogP contribution < -0.4 is 10.5 Å². The summed E-state index contributed by atoms with van der Waals surface area (Å²) in [6, 6.07) is 0. The third-order valence-electron chi connectivity index (χ3n) is 1.89. The molecule has 1 N–H and O–H groups in total. The third kappa shape index (κ3) is 4.57. The normalized spacial score (nSPS) is 19.6. The Morgan fingerprint density at radius 3 is 2.55 bits per heavy atom. The van der Waals surface area contributed by atoms with Crippen LogP contribution in [0.3, 0.4) is 0 Å². The van der Waals surface area contributed by atoms with Crippen LogP contribution >= 0.6 is 11.8 Å². The van der Waals surface area contributed by atoms with Crippen LogP contribution in [0.25, 0.3) is 0 Å². The van der Waals surface area contributed by atoms with Crippen molar-refractivity contribution in [2.75, 3.05) is 7.05 Å². The van der Waals surface area contributed by atoms with Crippen LogP contribution in [0.2, 0.25) is 0 Å². The summed E-state index contributed by atoms with van der Waals surface area (Å²) in [5, 5.41) is 14.3. The van der Waals surface area contributed by atoms with Crippen molar-refractivity contribution in [3.05, 3.63) is 11.0 Å². The van der Waals surface area contributed by atoms with Gasteiger partial charge in [-0.2, -0.15) is 0 Å². The molecule has 0 spiro atoms. The molecule has 110 valence electrons. The number of likely N-dealkylation sites (N-methyl/N-ethyl adjacent to an activating group) is 1. The highest BCUT2D eigenvalue weighted by Gasteiger charge is 2.30. The molecular weight excluding hydrogens is 286 g/mol. The fourth-order valence-corrected chi connectivity index (χ4v) is 2.04. The minimum absolute atomic E-state index is 0.0442. The molecule has 1 rings (SSSR count). The van der Waals surface area contributed by atoms with Crippen LogP contribution in [0.5, 0.6) is 0 Å². The van der Waals surface area contributed by atoms with Gasteiger partial charge in [0.25, 0.3) is 5.91 Å². The van der Waals surface area contributed by atoms with Gasteiger partial charge in [-0.05, 0) is 38.6 Å². The van der Waals surface area contributed by atoms with Gasteiger partial charge in [-0.3, -0.25) is 9.69 Å². The van der Waals surface area contributed by atoms with E-state index in [1.54, 1.807) is 20.8 Å². The molecule has 0 bridgehead atoms. The quantitative estimate of drug-likeness (QED) is 0.550. The Morgan fingerprint density at radius 2 is 2.05 bits per heavy atom. The number of nitrogens with zero attached hydrogens (tertiary/aromatic N) is 2. The van der Waals surface area contributed by atoms with Crippen molar-refractivity contribution in [3.8, 4) is 0 Å². The molecule has 1 heterocycles. The summed E-state index contributed by atoms with van der Waals surface area (Å²) < 4.78 is 4.96. The molecule has 1 aliphatic rings. The zero-order valence-electron chi connectivity index (χ0n) is 11.4. The molecule has 1 fully saturated rings. The molecule has 0 aromatic heterocycles. The maximum atomic E-state index is 11.6.